The van der Waals surface area contributed by atoms with Crippen LogP contribution < -0.4 is 10.2 Å². The molecule has 0 spiro atoms. The van der Waals surface area contributed by atoms with Gasteiger partial charge in [-0.05, 0) is 24.6 Å². The second-order valence-electron chi connectivity index (χ2n) is 6.27. The second-order valence-corrected chi connectivity index (χ2v) is 6.27. The summed E-state index contributed by atoms with van der Waals surface area (Å²) in [5.41, 5.74) is 1.37. The van der Waals surface area contributed by atoms with Gasteiger partial charge in [0.25, 0.3) is 17.3 Å². The van der Waals surface area contributed by atoms with Gasteiger partial charge in [0.2, 0.25) is 0 Å². The lowest BCUT2D eigenvalue weighted by Gasteiger charge is -2.30. The Morgan fingerprint density at radius 1 is 1.04 bits per heavy atom. The van der Waals surface area contributed by atoms with Crippen molar-refractivity contribution >= 4 is 28.7 Å². The lowest BCUT2D eigenvalue weighted by atomic mass is 10.1. The smallest absolute Gasteiger partial charge is 0.270 e. The summed E-state index contributed by atoms with van der Waals surface area (Å²) in [6.07, 6.45) is 0. The Balaban J connectivity index is 1.94. The molecule has 1 amide bonds. The number of nitrogens with zero attached hydrogens (tertiary/aromatic N) is 3. The maximum absolute atomic E-state index is 12.9. The highest BCUT2D eigenvalue weighted by Crippen LogP contribution is 2.28. The average molecular weight is 386 g/mol. The number of aryl methyl sites for hydroxylation is 1. The molecule has 1 heterocycles. The molecule has 146 valence electrons. The second kappa shape index (κ2) is 8.01. The van der Waals surface area contributed by atoms with Crippen LogP contribution in [0.5, 0.6) is 0 Å². The first-order chi connectivity index (χ1) is 13.4. The van der Waals surface area contributed by atoms with Gasteiger partial charge in [0.05, 0.1) is 34.3 Å². The average Bonchev–Trinajstić information content (AvgIpc) is 2.69. The maximum Gasteiger partial charge on any atom is 0.270 e. The molecule has 0 aromatic heterocycles. The molecule has 1 saturated heterocycles. The van der Waals surface area contributed by atoms with E-state index in [0.717, 1.165) is 0 Å². The lowest BCUT2D eigenvalue weighted by Crippen LogP contribution is -2.37. The first-order valence-electron chi connectivity index (χ1n) is 8.54. The van der Waals surface area contributed by atoms with Crippen LogP contribution in [0.25, 0.3) is 0 Å². The molecule has 1 fully saturated rings. The minimum atomic E-state index is -0.559. The number of hydrogen-bond acceptors (Lipinski definition) is 7. The van der Waals surface area contributed by atoms with Crippen LogP contribution in [0.3, 0.4) is 0 Å². The third kappa shape index (κ3) is 4.07. The summed E-state index contributed by atoms with van der Waals surface area (Å²) >= 11 is 0. The summed E-state index contributed by atoms with van der Waals surface area (Å²) in [7, 11) is 0. The van der Waals surface area contributed by atoms with Crippen molar-refractivity contribution in [1.29, 1.82) is 0 Å². The van der Waals surface area contributed by atoms with Gasteiger partial charge in [-0.1, -0.05) is 0 Å². The molecular formula is C18H18N4O6. The monoisotopic (exact) mass is 386 g/mol. The molecule has 2 aromatic rings. The Morgan fingerprint density at radius 3 is 2.25 bits per heavy atom. The highest BCUT2D eigenvalue weighted by molar-refractivity contribution is 6.09. The molecular weight excluding hydrogens is 368 g/mol. The largest absolute Gasteiger partial charge is 0.378 e. The predicted molar refractivity (Wildman–Crippen MR) is 102 cm³/mol. The first-order valence-corrected chi connectivity index (χ1v) is 8.54. The Morgan fingerprint density at radius 2 is 1.64 bits per heavy atom. The number of benzene rings is 2. The minimum absolute atomic E-state index is 0.0835. The molecule has 1 aliphatic heterocycles. The van der Waals surface area contributed by atoms with Crippen molar-refractivity contribution in [2.24, 2.45) is 0 Å². The van der Waals surface area contributed by atoms with E-state index in [0.29, 0.717) is 43.2 Å². The van der Waals surface area contributed by atoms with Gasteiger partial charge < -0.3 is 15.0 Å². The number of carbonyl (C=O) groups is 1. The van der Waals surface area contributed by atoms with Crippen LogP contribution in [0.1, 0.15) is 15.9 Å². The van der Waals surface area contributed by atoms with Crippen LogP contribution in [-0.4, -0.2) is 42.1 Å². The fraction of sp³-hybridized carbons (Fsp3) is 0.278. The molecule has 0 unspecified atom stereocenters. The Hall–Kier alpha value is -3.53. The van der Waals surface area contributed by atoms with E-state index in [1.807, 2.05) is 4.90 Å². The molecule has 28 heavy (non-hydrogen) atoms. The number of nitrogens with one attached hydrogen (secondary N) is 1. The Kier molecular flexibility index (Phi) is 5.50. The molecule has 2 aromatic carbocycles. The van der Waals surface area contributed by atoms with E-state index in [1.165, 1.54) is 30.3 Å². The van der Waals surface area contributed by atoms with Crippen molar-refractivity contribution < 1.29 is 19.4 Å². The maximum atomic E-state index is 12.9. The highest BCUT2D eigenvalue weighted by Gasteiger charge is 2.22. The van der Waals surface area contributed by atoms with Crippen LogP contribution in [0.15, 0.2) is 36.4 Å². The van der Waals surface area contributed by atoms with Gasteiger partial charge in [-0.25, -0.2) is 0 Å². The number of carbonyl (C=O) groups excluding carboxylic acids is 1. The van der Waals surface area contributed by atoms with Crippen molar-refractivity contribution in [2.45, 2.75) is 6.92 Å². The third-order valence-corrected chi connectivity index (χ3v) is 4.46. The summed E-state index contributed by atoms with van der Waals surface area (Å²) in [5, 5.41) is 24.7. The molecule has 10 nitrogen and oxygen atoms in total. The van der Waals surface area contributed by atoms with Crippen LogP contribution in [0, 0.1) is 27.2 Å². The van der Waals surface area contributed by atoms with Gasteiger partial charge >= 0.3 is 0 Å². The summed E-state index contributed by atoms with van der Waals surface area (Å²) < 4.78 is 5.32. The molecule has 0 saturated carbocycles. The number of anilines is 2. The zero-order valence-electron chi connectivity index (χ0n) is 15.1. The Bertz CT molecular complexity index is 940. The van der Waals surface area contributed by atoms with Crippen molar-refractivity contribution in [3.05, 3.63) is 67.8 Å². The zero-order valence-corrected chi connectivity index (χ0v) is 15.1. The summed E-state index contributed by atoms with van der Waals surface area (Å²) in [4.78, 5) is 35.8. The van der Waals surface area contributed by atoms with Gasteiger partial charge in [0, 0.05) is 43.0 Å². The summed E-state index contributed by atoms with van der Waals surface area (Å²) in [5.74, 6) is -0.526. The van der Waals surface area contributed by atoms with Gasteiger partial charge in [-0.15, -0.1) is 0 Å². The fourth-order valence-corrected chi connectivity index (χ4v) is 2.99. The first kappa shape index (κ1) is 19.2. The van der Waals surface area contributed by atoms with Crippen molar-refractivity contribution in [1.82, 2.24) is 0 Å². The molecule has 0 radical (unpaired) electrons. The van der Waals surface area contributed by atoms with E-state index >= 15 is 0 Å². The number of amides is 1. The van der Waals surface area contributed by atoms with Gasteiger partial charge in [-0.2, -0.15) is 0 Å². The van der Waals surface area contributed by atoms with Crippen LogP contribution in [0.4, 0.5) is 22.7 Å². The standard InChI is InChI=1S/C18H18N4O6/c1-12-10-13(21(24)25)2-4-16(12)19-18(23)15-11-14(22(26)27)3-5-17(15)20-6-8-28-9-7-20/h2-5,10-11H,6-9H2,1H3,(H,19,23). The molecule has 10 heteroatoms. The molecule has 1 aliphatic rings. The van der Waals surface area contributed by atoms with E-state index in [4.69, 9.17) is 4.74 Å². The van der Waals surface area contributed by atoms with Crippen LogP contribution in [-0.2, 0) is 4.74 Å². The van der Waals surface area contributed by atoms with E-state index < -0.39 is 15.8 Å². The van der Waals surface area contributed by atoms with Crippen molar-refractivity contribution in [3.63, 3.8) is 0 Å². The number of ether oxygens (including phenoxy) is 1. The van der Waals surface area contributed by atoms with Gasteiger partial charge in [0.1, 0.15) is 0 Å². The van der Waals surface area contributed by atoms with Crippen molar-refractivity contribution in [2.75, 3.05) is 36.5 Å². The van der Waals surface area contributed by atoms with Crippen LogP contribution in [0.2, 0.25) is 0 Å². The molecule has 1 N–H and O–H groups in total. The third-order valence-electron chi connectivity index (χ3n) is 4.46. The molecule has 0 atom stereocenters. The Labute approximate surface area is 160 Å². The van der Waals surface area contributed by atoms with E-state index in [-0.39, 0.29) is 16.9 Å². The summed E-state index contributed by atoms with van der Waals surface area (Å²) in [6, 6.07) is 8.24. The van der Waals surface area contributed by atoms with Crippen molar-refractivity contribution in [3.8, 4) is 0 Å². The highest BCUT2D eigenvalue weighted by atomic mass is 16.6. The quantitative estimate of drug-likeness (QED) is 0.618. The number of nitro groups is 2. The van der Waals surface area contributed by atoms with E-state index in [1.54, 1.807) is 13.0 Å². The fourth-order valence-electron chi connectivity index (χ4n) is 2.99. The van der Waals surface area contributed by atoms with E-state index in [9.17, 15) is 25.0 Å². The normalized spacial score (nSPS) is 13.8. The molecule has 0 bridgehead atoms. The number of hydrogen-bond donors (Lipinski definition) is 1. The SMILES string of the molecule is Cc1cc([N+](=O)[O-])ccc1NC(=O)c1cc([N+](=O)[O-])ccc1N1CCOCC1. The number of morpholine rings is 1. The van der Waals surface area contributed by atoms with E-state index in [2.05, 4.69) is 5.32 Å². The zero-order chi connectivity index (χ0) is 20.3. The summed E-state index contributed by atoms with van der Waals surface area (Å²) in [6.45, 7) is 3.77. The number of rotatable bonds is 5. The van der Waals surface area contributed by atoms with Gasteiger partial charge in [-0.3, -0.25) is 25.0 Å². The molecule has 3 rings (SSSR count). The topological polar surface area (TPSA) is 128 Å². The minimum Gasteiger partial charge on any atom is -0.378 e. The predicted octanol–water partition coefficient (Wildman–Crippen LogP) is 2.90. The van der Waals surface area contributed by atoms with Gasteiger partial charge in [0.15, 0.2) is 0 Å². The molecule has 0 aliphatic carbocycles. The number of nitro benzene ring substituents is 2. The van der Waals surface area contributed by atoms with Crippen LogP contribution >= 0.6 is 0 Å². The number of non-ortho nitro benzene ring substituents is 2. The lowest BCUT2D eigenvalue weighted by molar-refractivity contribution is -0.385.